The summed E-state index contributed by atoms with van der Waals surface area (Å²) in [6.07, 6.45) is 2.01. The number of halogens is 1. The molecule has 3 aromatic rings. The van der Waals surface area contributed by atoms with Crippen LogP contribution in [0, 0.1) is 0 Å². The molecule has 7 heteroatoms. The van der Waals surface area contributed by atoms with Crippen LogP contribution >= 0.6 is 15.9 Å². The van der Waals surface area contributed by atoms with Gasteiger partial charge in [0.05, 0.1) is 26.4 Å². The fraction of sp³-hybridized carbons (Fsp3) is 0.231. The maximum Gasteiger partial charge on any atom is 0.186 e. The van der Waals surface area contributed by atoms with E-state index in [-0.39, 0.29) is 18.0 Å². The van der Waals surface area contributed by atoms with Crippen LogP contribution in [0.15, 0.2) is 71.2 Å². The van der Waals surface area contributed by atoms with Crippen molar-refractivity contribution in [3.05, 3.63) is 87.9 Å². The number of rotatable bonds is 7. The summed E-state index contributed by atoms with van der Waals surface area (Å²) in [5.41, 5.74) is 3.86. The Bertz CT molecular complexity index is 1150. The molecule has 0 amide bonds. The molecule has 0 fully saturated rings. The molecular formula is C26H28BrN2O4+. The van der Waals surface area contributed by atoms with Crippen LogP contribution < -0.4 is 24.8 Å². The predicted octanol–water partition coefficient (Wildman–Crippen LogP) is 4.52. The van der Waals surface area contributed by atoms with Crippen molar-refractivity contribution in [1.29, 1.82) is 0 Å². The number of benzene rings is 3. The van der Waals surface area contributed by atoms with Gasteiger partial charge in [0.1, 0.15) is 6.04 Å². The number of ether oxygens (including phenoxy) is 3. The summed E-state index contributed by atoms with van der Waals surface area (Å²) in [6, 6.07) is 19.6. The van der Waals surface area contributed by atoms with Gasteiger partial charge in [0.15, 0.2) is 29.2 Å². The molecule has 6 nitrogen and oxygen atoms in total. The number of aromatic hydroxyl groups is 1. The SMILES string of the molecule is CCOc1cccc(C2C=C(c3ccc(Br)cc3)NC(c3ccc(OC)c(OC)c3)[NH2+]2)c1O. The highest BCUT2D eigenvalue weighted by Crippen LogP contribution is 2.36. The van der Waals surface area contributed by atoms with Gasteiger partial charge in [-0.05, 0) is 55.0 Å². The number of hydrogen-bond acceptors (Lipinski definition) is 5. The van der Waals surface area contributed by atoms with Crippen molar-refractivity contribution in [2.24, 2.45) is 0 Å². The molecule has 2 atom stereocenters. The Morgan fingerprint density at radius 3 is 2.42 bits per heavy atom. The van der Waals surface area contributed by atoms with Crippen LogP contribution in [0.2, 0.25) is 0 Å². The van der Waals surface area contributed by atoms with Gasteiger partial charge in [-0.15, -0.1) is 0 Å². The number of para-hydroxylation sites is 1. The predicted molar refractivity (Wildman–Crippen MR) is 131 cm³/mol. The van der Waals surface area contributed by atoms with Crippen molar-refractivity contribution < 1.29 is 24.6 Å². The number of nitrogens with two attached hydrogens (primary N) is 1. The molecule has 1 heterocycles. The van der Waals surface area contributed by atoms with Crippen LogP contribution in [0.25, 0.3) is 5.70 Å². The first kappa shape index (κ1) is 23.0. The Morgan fingerprint density at radius 2 is 1.73 bits per heavy atom. The second kappa shape index (κ2) is 10.2. The highest BCUT2D eigenvalue weighted by Gasteiger charge is 2.30. The first-order valence-corrected chi connectivity index (χ1v) is 11.6. The lowest BCUT2D eigenvalue weighted by Gasteiger charge is -2.30. The van der Waals surface area contributed by atoms with E-state index < -0.39 is 0 Å². The minimum atomic E-state index is -0.136. The second-order valence-corrected chi connectivity index (χ2v) is 8.58. The third-order valence-corrected chi connectivity index (χ3v) is 6.20. The summed E-state index contributed by atoms with van der Waals surface area (Å²) in [7, 11) is 3.26. The maximum atomic E-state index is 10.9. The van der Waals surface area contributed by atoms with Gasteiger partial charge < -0.3 is 30.0 Å². The summed E-state index contributed by atoms with van der Waals surface area (Å²) in [5.74, 6) is 2.00. The van der Waals surface area contributed by atoms with E-state index in [1.54, 1.807) is 20.3 Å². The Balaban J connectivity index is 1.77. The van der Waals surface area contributed by atoms with Crippen LogP contribution in [0.4, 0.5) is 0 Å². The van der Waals surface area contributed by atoms with E-state index in [2.05, 4.69) is 44.8 Å². The highest BCUT2D eigenvalue weighted by atomic mass is 79.9. The average molecular weight is 512 g/mol. The van der Waals surface area contributed by atoms with E-state index in [1.165, 1.54) is 0 Å². The molecule has 0 radical (unpaired) electrons. The Labute approximate surface area is 202 Å². The highest BCUT2D eigenvalue weighted by molar-refractivity contribution is 9.10. The minimum Gasteiger partial charge on any atom is -0.504 e. The van der Waals surface area contributed by atoms with E-state index >= 15 is 0 Å². The number of nitrogens with one attached hydrogen (secondary N) is 1. The Kier molecular flexibility index (Phi) is 7.11. The number of phenols is 1. The van der Waals surface area contributed by atoms with Crippen LogP contribution in [0.1, 0.15) is 35.8 Å². The van der Waals surface area contributed by atoms with E-state index in [9.17, 15) is 5.11 Å². The van der Waals surface area contributed by atoms with Gasteiger partial charge in [-0.1, -0.05) is 34.1 Å². The summed E-state index contributed by atoms with van der Waals surface area (Å²) in [6.45, 7) is 2.39. The Hall–Kier alpha value is -3.16. The number of methoxy groups -OCH3 is 2. The van der Waals surface area contributed by atoms with Crippen molar-refractivity contribution in [2.75, 3.05) is 20.8 Å². The van der Waals surface area contributed by atoms with Crippen molar-refractivity contribution >= 4 is 21.6 Å². The zero-order valence-electron chi connectivity index (χ0n) is 18.8. The van der Waals surface area contributed by atoms with Crippen molar-refractivity contribution in [2.45, 2.75) is 19.1 Å². The summed E-state index contributed by atoms with van der Waals surface area (Å²) < 4.78 is 17.6. The van der Waals surface area contributed by atoms with Gasteiger partial charge in [-0.25, -0.2) is 0 Å². The molecule has 3 aromatic carbocycles. The Morgan fingerprint density at radius 1 is 0.970 bits per heavy atom. The van der Waals surface area contributed by atoms with Crippen molar-refractivity contribution in [1.82, 2.24) is 5.32 Å². The van der Waals surface area contributed by atoms with Gasteiger partial charge in [0.25, 0.3) is 0 Å². The monoisotopic (exact) mass is 511 g/mol. The average Bonchev–Trinajstić information content (AvgIpc) is 2.85. The quantitative estimate of drug-likeness (QED) is 0.434. The van der Waals surface area contributed by atoms with Crippen LogP contribution in [-0.2, 0) is 0 Å². The summed E-state index contributed by atoms with van der Waals surface area (Å²) >= 11 is 3.51. The molecule has 1 aliphatic heterocycles. The largest absolute Gasteiger partial charge is 0.504 e. The van der Waals surface area contributed by atoms with E-state index in [1.807, 2.05) is 49.4 Å². The smallest absolute Gasteiger partial charge is 0.186 e. The molecule has 0 saturated carbocycles. The van der Waals surface area contributed by atoms with Gasteiger partial charge in [0.2, 0.25) is 0 Å². The third-order valence-electron chi connectivity index (χ3n) is 5.67. The topological polar surface area (TPSA) is 76.6 Å². The molecule has 172 valence electrons. The third kappa shape index (κ3) is 4.94. The summed E-state index contributed by atoms with van der Waals surface area (Å²) in [5, 5.41) is 16.7. The zero-order chi connectivity index (χ0) is 23.4. The molecule has 0 saturated heterocycles. The fourth-order valence-corrected chi connectivity index (χ4v) is 4.29. The van der Waals surface area contributed by atoms with Crippen molar-refractivity contribution in [3.8, 4) is 23.0 Å². The molecule has 4 rings (SSSR count). The normalized spacial score (nSPS) is 17.6. The number of hydrogen-bond donors (Lipinski definition) is 3. The fourth-order valence-electron chi connectivity index (χ4n) is 4.03. The lowest BCUT2D eigenvalue weighted by molar-refractivity contribution is -0.731. The standard InChI is InChI=1S/C26H27BrN2O4/c1-4-33-23-7-5-6-19(25(23)30)21-15-20(16-8-11-18(27)12-9-16)28-26(29-21)17-10-13-22(31-2)24(14-17)32-3/h5-15,21,26,28-30H,4H2,1-3H3/p+1. The molecule has 0 bridgehead atoms. The zero-order valence-corrected chi connectivity index (χ0v) is 20.4. The van der Waals surface area contributed by atoms with Gasteiger partial charge in [-0.2, -0.15) is 0 Å². The molecule has 1 aliphatic rings. The minimum absolute atomic E-state index is 0.117. The molecule has 33 heavy (non-hydrogen) atoms. The lowest BCUT2D eigenvalue weighted by Crippen LogP contribution is -2.89. The van der Waals surface area contributed by atoms with Gasteiger partial charge >= 0.3 is 0 Å². The maximum absolute atomic E-state index is 10.9. The summed E-state index contributed by atoms with van der Waals surface area (Å²) in [4.78, 5) is 0. The molecule has 0 aromatic heterocycles. The number of phenolic OH excluding ortho intramolecular Hbond substituents is 1. The van der Waals surface area contributed by atoms with Crippen LogP contribution in [-0.4, -0.2) is 25.9 Å². The number of quaternary nitrogens is 1. The molecule has 2 unspecified atom stereocenters. The molecular weight excluding hydrogens is 484 g/mol. The first-order chi connectivity index (χ1) is 16.0. The van der Waals surface area contributed by atoms with Crippen LogP contribution in [0.5, 0.6) is 23.0 Å². The van der Waals surface area contributed by atoms with E-state index in [4.69, 9.17) is 14.2 Å². The molecule has 4 N–H and O–H groups in total. The van der Waals surface area contributed by atoms with E-state index in [0.29, 0.717) is 23.9 Å². The lowest BCUT2D eigenvalue weighted by atomic mass is 9.97. The van der Waals surface area contributed by atoms with Crippen molar-refractivity contribution in [3.63, 3.8) is 0 Å². The first-order valence-electron chi connectivity index (χ1n) is 10.8. The second-order valence-electron chi connectivity index (χ2n) is 7.67. The molecule has 0 aliphatic carbocycles. The van der Waals surface area contributed by atoms with Gasteiger partial charge in [-0.3, -0.25) is 0 Å². The van der Waals surface area contributed by atoms with Gasteiger partial charge in [0, 0.05) is 21.8 Å². The van der Waals surface area contributed by atoms with Crippen LogP contribution in [0.3, 0.4) is 0 Å². The molecule has 0 spiro atoms. The van der Waals surface area contributed by atoms with E-state index in [0.717, 1.165) is 26.9 Å².